The second kappa shape index (κ2) is 5.69. The van der Waals surface area contributed by atoms with Gasteiger partial charge in [0.25, 0.3) is 0 Å². The lowest BCUT2D eigenvalue weighted by Crippen LogP contribution is -2.19. The Morgan fingerprint density at radius 3 is 2.83 bits per heavy atom. The fraction of sp³-hybridized carbons (Fsp3) is 0.444. The molecular formula is C9H14N2O. The first-order valence-electron chi connectivity index (χ1n) is 4.02. The van der Waals surface area contributed by atoms with E-state index in [-0.39, 0.29) is 0 Å². The average molecular weight is 166 g/mol. The largest absolute Gasteiger partial charge is 0.370 e. The number of methoxy groups -OCH3 is 1. The predicted molar refractivity (Wildman–Crippen MR) is 47.8 cm³/mol. The van der Waals surface area contributed by atoms with Crippen LogP contribution < -0.4 is 5.32 Å². The third kappa shape index (κ3) is 3.46. The molecule has 0 amide bonds. The van der Waals surface area contributed by atoms with Crippen LogP contribution in [0.15, 0.2) is 24.5 Å². The van der Waals surface area contributed by atoms with Crippen LogP contribution in [0.25, 0.3) is 0 Å². The summed E-state index contributed by atoms with van der Waals surface area (Å²) >= 11 is 0. The van der Waals surface area contributed by atoms with Gasteiger partial charge >= 0.3 is 0 Å². The molecule has 0 spiro atoms. The zero-order valence-electron chi connectivity index (χ0n) is 7.29. The Morgan fingerprint density at radius 2 is 2.17 bits per heavy atom. The predicted octanol–water partition coefficient (Wildman–Crippen LogP) is 0.818. The normalized spacial score (nSPS) is 10.1. The summed E-state index contributed by atoms with van der Waals surface area (Å²) in [6, 6.07) is 4.04. The molecule has 0 bridgehead atoms. The Morgan fingerprint density at radius 1 is 1.42 bits per heavy atom. The van der Waals surface area contributed by atoms with Gasteiger partial charge in [0.2, 0.25) is 0 Å². The van der Waals surface area contributed by atoms with E-state index in [2.05, 4.69) is 10.3 Å². The van der Waals surface area contributed by atoms with Crippen LogP contribution in [0.4, 0.5) is 0 Å². The van der Waals surface area contributed by atoms with Crippen molar-refractivity contribution in [2.45, 2.75) is 6.42 Å². The molecule has 1 aromatic rings. The van der Waals surface area contributed by atoms with Crippen molar-refractivity contribution in [1.82, 2.24) is 10.3 Å². The highest BCUT2D eigenvalue weighted by atomic mass is 16.5. The molecule has 0 radical (unpaired) electrons. The van der Waals surface area contributed by atoms with E-state index < -0.39 is 0 Å². The number of nitrogens with zero attached hydrogens (tertiary/aromatic N) is 1. The van der Waals surface area contributed by atoms with E-state index in [9.17, 15) is 0 Å². The van der Waals surface area contributed by atoms with Crippen molar-refractivity contribution in [2.24, 2.45) is 0 Å². The molecule has 0 atom stereocenters. The van der Waals surface area contributed by atoms with Crippen molar-refractivity contribution in [1.29, 1.82) is 0 Å². The molecule has 0 aliphatic carbocycles. The minimum Gasteiger partial charge on any atom is -0.370 e. The second-order valence-electron chi connectivity index (χ2n) is 2.54. The minimum atomic E-state index is 0.616. The van der Waals surface area contributed by atoms with Crippen LogP contribution in [-0.2, 0) is 11.2 Å². The van der Waals surface area contributed by atoms with Crippen LogP contribution in [0, 0.1) is 0 Å². The van der Waals surface area contributed by atoms with Gasteiger partial charge in [-0.1, -0.05) is 0 Å². The Labute approximate surface area is 72.8 Å². The first-order valence-corrected chi connectivity index (χ1v) is 4.02. The summed E-state index contributed by atoms with van der Waals surface area (Å²) in [6.07, 6.45) is 4.64. The Balaban J connectivity index is 2.16. The molecular weight excluding hydrogens is 152 g/mol. The van der Waals surface area contributed by atoms with Crippen molar-refractivity contribution >= 4 is 0 Å². The van der Waals surface area contributed by atoms with E-state index in [1.54, 1.807) is 7.11 Å². The van der Waals surface area contributed by atoms with E-state index in [4.69, 9.17) is 4.74 Å². The summed E-state index contributed by atoms with van der Waals surface area (Å²) in [6.45, 7) is 1.56. The first kappa shape index (κ1) is 9.16. The van der Waals surface area contributed by atoms with Gasteiger partial charge < -0.3 is 4.74 Å². The van der Waals surface area contributed by atoms with Gasteiger partial charge in [-0.25, -0.2) is 0 Å². The molecule has 0 aliphatic heterocycles. The highest BCUT2D eigenvalue weighted by molar-refractivity contribution is 5.09. The standard InChI is InChI=1S/C9H14N2O/c1-12-8-11-7-4-9-2-5-10-6-3-9/h2-3,5-6,11H,4,7-8H2,1H3. The molecule has 1 heterocycles. The van der Waals surface area contributed by atoms with Gasteiger partial charge in [0.05, 0.1) is 6.73 Å². The van der Waals surface area contributed by atoms with E-state index in [0.717, 1.165) is 13.0 Å². The highest BCUT2D eigenvalue weighted by Gasteiger charge is 1.89. The van der Waals surface area contributed by atoms with Crippen molar-refractivity contribution in [3.8, 4) is 0 Å². The molecule has 0 fully saturated rings. The van der Waals surface area contributed by atoms with Gasteiger partial charge in [0.1, 0.15) is 0 Å². The summed E-state index contributed by atoms with van der Waals surface area (Å²) in [7, 11) is 1.68. The zero-order valence-corrected chi connectivity index (χ0v) is 7.29. The fourth-order valence-corrected chi connectivity index (χ4v) is 0.956. The quantitative estimate of drug-likeness (QED) is 0.519. The van der Waals surface area contributed by atoms with Crippen molar-refractivity contribution < 1.29 is 4.74 Å². The third-order valence-electron chi connectivity index (χ3n) is 1.59. The maximum Gasteiger partial charge on any atom is 0.0961 e. The number of nitrogens with one attached hydrogen (secondary N) is 1. The van der Waals surface area contributed by atoms with Crippen molar-refractivity contribution in [3.05, 3.63) is 30.1 Å². The van der Waals surface area contributed by atoms with Crippen LogP contribution >= 0.6 is 0 Å². The van der Waals surface area contributed by atoms with Crippen LogP contribution in [0.2, 0.25) is 0 Å². The molecule has 0 unspecified atom stereocenters. The van der Waals surface area contributed by atoms with Gasteiger partial charge in [-0.3, -0.25) is 10.3 Å². The number of hydrogen-bond acceptors (Lipinski definition) is 3. The lowest BCUT2D eigenvalue weighted by atomic mass is 10.2. The number of pyridine rings is 1. The number of aromatic nitrogens is 1. The third-order valence-corrected chi connectivity index (χ3v) is 1.59. The van der Waals surface area contributed by atoms with Gasteiger partial charge in [0, 0.05) is 26.0 Å². The van der Waals surface area contributed by atoms with Crippen molar-refractivity contribution in [3.63, 3.8) is 0 Å². The van der Waals surface area contributed by atoms with Crippen molar-refractivity contribution in [2.75, 3.05) is 20.4 Å². The van der Waals surface area contributed by atoms with Gasteiger partial charge in [0.15, 0.2) is 0 Å². The summed E-state index contributed by atoms with van der Waals surface area (Å²) < 4.78 is 4.86. The monoisotopic (exact) mass is 166 g/mol. The molecule has 0 aliphatic rings. The SMILES string of the molecule is COCNCCc1ccncc1. The molecule has 1 N–H and O–H groups in total. The van der Waals surface area contributed by atoms with E-state index >= 15 is 0 Å². The van der Waals surface area contributed by atoms with Crippen LogP contribution in [-0.4, -0.2) is 25.4 Å². The maximum absolute atomic E-state index is 4.86. The topological polar surface area (TPSA) is 34.1 Å². The summed E-state index contributed by atoms with van der Waals surface area (Å²) in [5, 5.41) is 3.14. The van der Waals surface area contributed by atoms with Crippen LogP contribution in [0.3, 0.4) is 0 Å². The van der Waals surface area contributed by atoms with Gasteiger partial charge in [-0.15, -0.1) is 0 Å². The summed E-state index contributed by atoms with van der Waals surface area (Å²) in [4.78, 5) is 3.94. The lowest BCUT2D eigenvalue weighted by molar-refractivity contribution is 0.176. The number of rotatable bonds is 5. The molecule has 1 aromatic heterocycles. The highest BCUT2D eigenvalue weighted by Crippen LogP contribution is 1.95. The Kier molecular flexibility index (Phi) is 4.34. The molecule has 66 valence electrons. The minimum absolute atomic E-state index is 0.616. The first-order chi connectivity index (χ1) is 5.93. The average Bonchev–Trinajstić information content (AvgIpc) is 2.14. The van der Waals surface area contributed by atoms with Gasteiger partial charge in [-0.2, -0.15) is 0 Å². The van der Waals surface area contributed by atoms with Gasteiger partial charge in [-0.05, 0) is 24.1 Å². The maximum atomic E-state index is 4.86. The summed E-state index contributed by atoms with van der Waals surface area (Å²) in [5.74, 6) is 0. The Bertz CT molecular complexity index is 201. The van der Waals surface area contributed by atoms with E-state index in [0.29, 0.717) is 6.73 Å². The second-order valence-corrected chi connectivity index (χ2v) is 2.54. The van der Waals surface area contributed by atoms with E-state index in [1.807, 2.05) is 24.5 Å². The van der Waals surface area contributed by atoms with Crippen LogP contribution in [0.1, 0.15) is 5.56 Å². The fourth-order valence-electron chi connectivity index (χ4n) is 0.956. The Hall–Kier alpha value is -0.930. The number of ether oxygens (including phenoxy) is 1. The smallest absolute Gasteiger partial charge is 0.0961 e. The van der Waals surface area contributed by atoms with Crippen LogP contribution in [0.5, 0.6) is 0 Å². The summed E-state index contributed by atoms with van der Waals surface area (Å²) in [5.41, 5.74) is 1.30. The van der Waals surface area contributed by atoms with E-state index in [1.165, 1.54) is 5.56 Å². The molecule has 3 heteroatoms. The molecule has 12 heavy (non-hydrogen) atoms. The zero-order chi connectivity index (χ0) is 8.65. The molecule has 0 saturated heterocycles. The molecule has 3 nitrogen and oxygen atoms in total. The number of hydrogen-bond donors (Lipinski definition) is 1. The molecule has 1 rings (SSSR count). The molecule has 0 aromatic carbocycles. The lowest BCUT2D eigenvalue weighted by Gasteiger charge is -2.02. The molecule has 0 saturated carbocycles.